The number of halogens is 1. The summed E-state index contributed by atoms with van der Waals surface area (Å²) < 4.78 is 6.67. The van der Waals surface area contributed by atoms with Crippen molar-refractivity contribution in [2.24, 2.45) is 0 Å². The Bertz CT molecular complexity index is 317. The van der Waals surface area contributed by atoms with Gasteiger partial charge in [0.05, 0.1) is 0 Å². The van der Waals surface area contributed by atoms with Crippen molar-refractivity contribution in [3.05, 3.63) is 34.3 Å². The first kappa shape index (κ1) is 14.7. The topological polar surface area (TPSA) is 21.3 Å². The van der Waals surface area contributed by atoms with Crippen LogP contribution in [0.2, 0.25) is 0 Å². The zero-order valence-corrected chi connectivity index (χ0v) is 12.3. The predicted molar refractivity (Wildman–Crippen MR) is 76.4 cm³/mol. The molecule has 1 unspecified atom stereocenters. The van der Waals surface area contributed by atoms with Gasteiger partial charge in [-0.2, -0.15) is 0 Å². The molecular formula is C14H22BrNO. The van der Waals surface area contributed by atoms with E-state index in [2.05, 4.69) is 52.4 Å². The van der Waals surface area contributed by atoms with Crippen LogP contribution in [0.25, 0.3) is 0 Å². The lowest BCUT2D eigenvalue weighted by molar-refractivity contribution is 0.125. The standard InChI is InChI=1S/C14H22BrNO/c1-3-8-17-9-7-14(16-2)11-12-5-4-6-13(15)10-12/h4-6,10,14,16H,3,7-9,11H2,1-2H3. The molecule has 17 heavy (non-hydrogen) atoms. The summed E-state index contributed by atoms with van der Waals surface area (Å²) in [5, 5.41) is 3.35. The van der Waals surface area contributed by atoms with Crippen molar-refractivity contribution in [1.82, 2.24) is 5.32 Å². The fourth-order valence-electron chi connectivity index (χ4n) is 1.77. The van der Waals surface area contributed by atoms with E-state index in [0.717, 1.165) is 36.9 Å². The monoisotopic (exact) mass is 299 g/mol. The van der Waals surface area contributed by atoms with Crippen LogP contribution in [0.1, 0.15) is 25.3 Å². The van der Waals surface area contributed by atoms with Crippen LogP contribution in [0.4, 0.5) is 0 Å². The molecule has 0 aliphatic rings. The van der Waals surface area contributed by atoms with Gasteiger partial charge in [-0.25, -0.2) is 0 Å². The molecule has 0 aromatic heterocycles. The van der Waals surface area contributed by atoms with Crippen molar-refractivity contribution in [2.45, 2.75) is 32.2 Å². The lowest BCUT2D eigenvalue weighted by Crippen LogP contribution is -2.29. The van der Waals surface area contributed by atoms with E-state index < -0.39 is 0 Å². The molecule has 2 nitrogen and oxygen atoms in total. The highest BCUT2D eigenvalue weighted by atomic mass is 79.9. The molecule has 0 aliphatic heterocycles. The summed E-state index contributed by atoms with van der Waals surface area (Å²) in [6, 6.07) is 8.97. The summed E-state index contributed by atoms with van der Waals surface area (Å²) in [6.07, 6.45) is 3.20. The third-order valence-corrected chi connectivity index (χ3v) is 3.23. The van der Waals surface area contributed by atoms with E-state index in [4.69, 9.17) is 4.74 Å². The summed E-state index contributed by atoms with van der Waals surface area (Å²) in [7, 11) is 2.02. The second-order valence-electron chi connectivity index (χ2n) is 4.22. The molecule has 0 bridgehead atoms. The summed E-state index contributed by atoms with van der Waals surface area (Å²) in [4.78, 5) is 0. The summed E-state index contributed by atoms with van der Waals surface area (Å²) in [5.74, 6) is 0. The number of nitrogens with one attached hydrogen (secondary N) is 1. The number of ether oxygens (including phenoxy) is 1. The highest BCUT2D eigenvalue weighted by Crippen LogP contribution is 2.13. The number of rotatable bonds is 8. The van der Waals surface area contributed by atoms with E-state index >= 15 is 0 Å². The van der Waals surface area contributed by atoms with E-state index in [1.165, 1.54) is 5.56 Å². The molecule has 0 aliphatic carbocycles. The average molecular weight is 300 g/mol. The van der Waals surface area contributed by atoms with Gasteiger partial charge in [0.1, 0.15) is 0 Å². The molecule has 1 rings (SSSR count). The first-order valence-electron chi connectivity index (χ1n) is 6.25. The molecule has 1 aromatic carbocycles. The number of benzene rings is 1. The van der Waals surface area contributed by atoms with Crippen LogP contribution in [-0.2, 0) is 11.2 Å². The maximum Gasteiger partial charge on any atom is 0.0480 e. The van der Waals surface area contributed by atoms with Gasteiger partial charge in [-0.15, -0.1) is 0 Å². The third-order valence-electron chi connectivity index (χ3n) is 2.74. The van der Waals surface area contributed by atoms with Gasteiger partial charge in [0.15, 0.2) is 0 Å². The van der Waals surface area contributed by atoms with Gasteiger partial charge in [-0.1, -0.05) is 35.0 Å². The second-order valence-corrected chi connectivity index (χ2v) is 5.14. The Balaban J connectivity index is 2.35. The largest absolute Gasteiger partial charge is 0.381 e. The first-order chi connectivity index (χ1) is 8.26. The molecule has 3 heteroatoms. The predicted octanol–water partition coefficient (Wildman–Crippen LogP) is 3.40. The van der Waals surface area contributed by atoms with E-state index in [9.17, 15) is 0 Å². The molecule has 0 radical (unpaired) electrons. The Labute approximate surface area is 113 Å². The molecule has 1 atom stereocenters. The Morgan fingerprint density at radius 2 is 2.18 bits per heavy atom. The number of hydrogen-bond donors (Lipinski definition) is 1. The van der Waals surface area contributed by atoms with Gasteiger partial charge in [-0.05, 0) is 44.0 Å². The van der Waals surface area contributed by atoms with Crippen molar-refractivity contribution in [3.63, 3.8) is 0 Å². The van der Waals surface area contributed by atoms with Gasteiger partial charge in [-0.3, -0.25) is 0 Å². The van der Waals surface area contributed by atoms with E-state index in [0.29, 0.717) is 6.04 Å². The highest BCUT2D eigenvalue weighted by Gasteiger charge is 2.07. The summed E-state index contributed by atoms with van der Waals surface area (Å²) in [6.45, 7) is 3.84. The minimum atomic E-state index is 0.487. The first-order valence-corrected chi connectivity index (χ1v) is 7.05. The van der Waals surface area contributed by atoms with Crippen LogP contribution >= 0.6 is 15.9 Å². The van der Waals surface area contributed by atoms with Crippen molar-refractivity contribution < 1.29 is 4.74 Å². The Morgan fingerprint density at radius 3 is 2.82 bits per heavy atom. The van der Waals surface area contributed by atoms with E-state index in [1.54, 1.807) is 0 Å². The highest BCUT2D eigenvalue weighted by molar-refractivity contribution is 9.10. The molecule has 1 aromatic rings. The maximum atomic E-state index is 5.53. The van der Waals surface area contributed by atoms with Crippen LogP contribution in [0.3, 0.4) is 0 Å². The summed E-state index contributed by atoms with van der Waals surface area (Å²) >= 11 is 3.50. The third kappa shape index (κ3) is 6.20. The molecule has 0 saturated carbocycles. The van der Waals surface area contributed by atoms with Crippen LogP contribution in [0.5, 0.6) is 0 Å². The molecular weight excluding hydrogens is 278 g/mol. The molecule has 0 heterocycles. The Kier molecular flexibility index (Phi) is 7.49. The molecule has 96 valence electrons. The Morgan fingerprint density at radius 1 is 1.35 bits per heavy atom. The van der Waals surface area contributed by atoms with Crippen molar-refractivity contribution in [3.8, 4) is 0 Å². The van der Waals surface area contributed by atoms with E-state index in [1.807, 2.05) is 7.05 Å². The molecule has 0 fully saturated rings. The van der Waals surface area contributed by atoms with Crippen molar-refractivity contribution in [1.29, 1.82) is 0 Å². The molecule has 0 spiro atoms. The second kappa shape index (κ2) is 8.67. The molecule has 0 saturated heterocycles. The fraction of sp³-hybridized carbons (Fsp3) is 0.571. The summed E-state index contributed by atoms with van der Waals surface area (Å²) in [5.41, 5.74) is 1.36. The average Bonchev–Trinajstić information content (AvgIpc) is 2.33. The van der Waals surface area contributed by atoms with Crippen molar-refractivity contribution >= 4 is 15.9 Å². The van der Waals surface area contributed by atoms with Gasteiger partial charge in [0.2, 0.25) is 0 Å². The lowest BCUT2D eigenvalue weighted by atomic mass is 10.0. The van der Waals surface area contributed by atoms with Gasteiger partial charge >= 0.3 is 0 Å². The van der Waals surface area contributed by atoms with Crippen LogP contribution in [0, 0.1) is 0 Å². The van der Waals surface area contributed by atoms with E-state index in [-0.39, 0.29) is 0 Å². The minimum absolute atomic E-state index is 0.487. The SMILES string of the molecule is CCCOCCC(Cc1cccc(Br)c1)NC. The quantitative estimate of drug-likeness (QED) is 0.743. The van der Waals surface area contributed by atoms with Crippen LogP contribution in [0.15, 0.2) is 28.7 Å². The normalized spacial score (nSPS) is 12.6. The van der Waals surface area contributed by atoms with Crippen LogP contribution in [-0.4, -0.2) is 26.3 Å². The lowest BCUT2D eigenvalue weighted by Gasteiger charge is -2.16. The zero-order valence-electron chi connectivity index (χ0n) is 10.7. The maximum absolute atomic E-state index is 5.53. The number of likely N-dealkylation sites (N-methyl/N-ethyl adjacent to an activating group) is 1. The van der Waals surface area contributed by atoms with Crippen molar-refractivity contribution in [2.75, 3.05) is 20.3 Å². The Hall–Kier alpha value is -0.380. The van der Waals surface area contributed by atoms with Gasteiger partial charge in [0, 0.05) is 23.7 Å². The fourth-order valence-corrected chi connectivity index (χ4v) is 2.22. The van der Waals surface area contributed by atoms with Gasteiger partial charge < -0.3 is 10.1 Å². The molecule has 0 amide bonds. The number of hydrogen-bond acceptors (Lipinski definition) is 2. The van der Waals surface area contributed by atoms with Gasteiger partial charge in [0.25, 0.3) is 0 Å². The zero-order chi connectivity index (χ0) is 12.5. The van der Waals surface area contributed by atoms with Crippen LogP contribution < -0.4 is 5.32 Å². The molecule has 1 N–H and O–H groups in total. The smallest absolute Gasteiger partial charge is 0.0480 e. The minimum Gasteiger partial charge on any atom is -0.381 e.